The van der Waals surface area contributed by atoms with E-state index in [1.54, 1.807) is 31.2 Å². The lowest BCUT2D eigenvalue weighted by atomic mass is 10.3. The molecule has 122 valence electrons. The largest absolute Gasteiger partial charge is 0.319 e. The standard InChI is InChI=1S/C16H11ClF2N4O/c1-9-20-15(22-23(9)14-4-2-10(17)3-5-14)16(24)21-13-7-11(18)6-12(19)8-13/h2-8H,1H3,(H,21,24). The van der Waals surface area contributed by atoms with Gasteiger partial charge in [0.25, 0.3) is 5.91 Å². The van der Waals surface area contributed by atoms with Crippen LogP contribution in [0, 0.1) is 18.6 Å². The van der Waals surface area contributed by atoms with Crippen LogP contribution in [0.2, 0.25) is 5.02 Å². The van der Waals surface area contributed by atoms with Crippen molar-refractivity contribution in [3.63, 3.8) is 0 Å². The van der Waals surface area contributed by atoms with E-state index in [-0.39, 0.29) is 11.5 Å². The highest BCUT2D eigenvalue weighted by Crippen LogP contribution is 2.16. The van der Waals surface area contributed by atoms with Gasteiger partial charge in [-0.3, -0.25) is 4.79 Å². The summed E-state index contributed by atoms with van der Waals surface area (Å²) in [7, 11) is 0. The molecule has 0 spiro atoms. The zero-order chi connectivity index (χ0) is 17.3. The van der Waals surface area contributed by atoms with Crippen molar-refractivity contribution in [1.82, 2.24) is 14.8 Å². The van der Waals surface area contributed by atoms with Crippen molar-refractivity contribution in [3.8, 4) is 5.69 Å². The number of rotatable bonds is 3. The van der Waals surface area contributed by atoms with Crippen molar-refractivity contribution in [3.05, 3.63) is 70.8 Å². The molecule has 0 saturated heterocycles. The van der Waals surface area contributed by atoms with Gasteiger partial charge in [0.05, 0.1) is 5.69 Å². The highest BCUT2D eigenvalue weighted by Gasteiger charge is 2.16. The molecule has 24 heavy (non-hydrogen) atoms. The number of benzene rings is 2. The molecule has 3 aromatic rings. The molecule has 0 aliphatic heterocycles. The average Bonchev–Trinajstić information content (AvgIpc) is 2.89. The maximum atomic E-state index is 13.2. The minimum atomic E-state index is -0.791. The lowest BCUT2D eigenvalue weighted by Crippen LogP contribution is -2.14. The van der Waals surface area contributed by atoms with Crippen molar-refractivity contribution in [2.45, 2.75) is 6.92 Å². The van der Waals surface area contributed by atoms with Gasteiger partial charge in [-0.15, -0.1) is 5.10 Å². The minimum absolute atomic E-state index is 0.0157. The number of aromatic nitrogens is 3. The average molecular weight is 349 g/mol. The summed E-state index contributed by atoms with van der Waals surface area (Å²) < 4.78 is 27.8. The predicted molar refractivity (Wildman–Crippen MR) is 85.4 cm³/mol. The van der Waals surface area contributed by atoms with E-state index in [2.05, 4.69) is 15.4 Å². The van der Waals surface area contributed by atoms with E-state index in [1.807, 2.05) is 0 Å². The van der Waals surface area contributed by atoms with Crippen molar-refractivity contribution >= 4 is 23.2 Å². The SMILES string of the molecule is Cc1nc(C(=O)Nc2cc(F)cc(F)c2)nn1-c1ccc(Cl)cc1. The van der Waals surface area contributed by atoms with E-state index in [9.17, 15) is 13.6 Å². The van der Waals surface area contributed by atoms with Crippen LogP contribution in [0.25, 0.3) is 5.69 Å². The van der Waals surface area contributed by atoms with E-state index in [0.717, 1.165) is 12.1 Å². The molecule has 0 saturated carbocycles. The van der Waals surface area contributed by atoms with Crippen LogP contribution in [0.5, 0.6) is 0 Å². The van der Waals surface area contributed by atoms with Crippen LogP contribution in [0.1, 0.15) is 16.4 Å². The van der Waals surface area contributed by atoms with Gasteiger partial charge in [0.15, 0.2) is 0 Å². The predicted octanol–water partition coefficient (Wildman–Crippen LogP) is 3.76. The Hall–Kier alpha value is -2.80. The number of hydrogen-bond donors (Lipinski definition) is 1. The van der Waals surface area contributed by atoms with E-state index in [0.29, 0.717) is 22.6 Å². The maximum Gasteiger partial charge on any atom is 0.295 e. The summed E-state index contributed by atoms with van der Waals surface area (Å²) in [6.07, 6.45) is 0. The smallest absolute Gasteiger partial charge is 0.295 e. The monoisotopic (exact) mass is 348 g/mol. The molecule has 0 radical (unpaired) electrons. The van der Waals surface area contributed by atoms with E-state index < -0.39 is 17.5 Å². The summed E-state index contributed by atoms with van der Waals surface area (Å²) >= 11 is 5.84. The molecule has 1 amide bonds. The molecular weight excluding hydrogens is 338 g/mol. The molecule has 1 aromatic heterocycles. The lowest BCUT2D eigenvalue weighted by molar-refractivity contribution is 0.101. The van der Waals surface area contributed by atoms with Crippen molar-refractivity contribution in [1.29, 1.82) is 0 Å². The van der Waals surface area contributed by atoms with Crippen molar-refractivity contribution < 1.29 is 13.6 Å². The van der Waals surface area contributed by atoms with Crippen LogP contribution in [0.15, 0.2) is 42.5 Å². The molecule has 0 bridgehead atoms. The lowest BCUT2D eigenvalue weighted by Gasteiger charge is -2.03. The molecular formula is C16H11ClF2N4O. The Morgan fingerprint density at radius 2 is 1.75 bits per heavy atom. The molecule has 2 aromatic carbocycles. The molecule has 0 aliphatic rings. The number of halogens is 3. The molecule has 8 heteroatoms. The van der Waals surface area contributed by atoms with E-state index in [4.69, 9.17) is 11.6 Å². The van der Waals surface area contributed by atoms with Crippen LogP contribution < -0.4 is 5.32 Å². The number of hydrogen-bond acceptors (Lipinski definition) is 3. The topological polar surface area (TPSA) is 59.8 Å². The summed E-state index contributed by atoms with van der Waals surface area (Å²) in [4.78, 5) is 16.2. The fourth-order valence-electron chi connectivity index (χ4n) is 2.13. The van der Waals surface area contributed by atoms with E-state index in [1.165, 1.54) is 4.68 Å². The van der Waals surface area contributed by atoms with Crippen LogP contribution in [-0.4, -0.2) is 20.7 Å². The summed E-state index contributed by atoms with van der Waals surface area (Å²) in [6, 6.07) is 9.56. The summed E-state index contributed by atoms with van der Waals surface area (Å²) in [5, 5.41) is 7.05. The second-order valence-electron chi connectivity index (χ2n) is 4.98. The number of anilines is 1. The Balaban J connectivity index is 1.86. The normalized spacial score (nSPS) is 10.7. The minimum Gasteiger partial charge on any atom is -0.319 e. The van der Waals surface area contributed by atoms with E-state index >= 15 is 0 Å². The molecule has 0 fully saturated rings. The first kappa shape index (κ1) is 16.1. The quantitative estimate of drug-likeness (QED) is 0.784. The van der Waals surface area contributed by atoms with Crippen LogP contribution in [0.4, 0.5) is 14.5 Å². The number of nitrogens with zero attached hydrogens (tertiary/aromatic N) is 3. The fourth-order valence-corrected chi connectivity index (χ4v) is 2.25. The Labute approximate surface area is 140 Å². The van der Waals surface area contributed by atoms with Crippen molar-refractivity contribution in [2.75, 3.05) is 5.32 Å². The van der Waals surface area contributed by atoms with Gasteiger partial charge in [-0.2, -0.15) is 0 Å². The molecule has 5 nitrogen and oxygen atoms in total. The van der Waals surface area contributed by atoms with Gasteiger partial charge in [-0.1, -0.05) is 11.6 Å². The summed E-state index contributed by atoms with van der Waals surface area (Å²) in [6.45, 7) is 1.68. The second-order valence-corrected chi connectivity index (χ2v) is 5.42. The first-order valence-electron chi connectivity index (χ1n) is 6.89. The van der Waals surface area contributed by atoms with Crippen LogP contribution in [0.3, 0.4) is 0 Å². The molecule has 1 N–H and O–H groups in total. The highest BCUT2D eigenvalue weighted by atomic mass is 35.5. The third-order valence-corrected chi connectivity index (χ3v) is 3.42. The zero-order valence-corrected chi connectivity index (χ0v) is 13.2. The van der Waals surface area contributed by atoms with Gasteiger partial charge < -0.3 is 5.32 Å². The highest BCUT2D eigenvalue weighted by molar-refractivity contribution is 6.30. The zero-order valence-electron chi connectivity index (χ0n) is 12.4. The first-order valence-corrected chi connectivity index (χ1v) is 7.27. The van der Waals surface area contributed by atoms with Gasteiger partial charge in [-0.05, 0) is 43.3 Å². The molecule has 0 aliphatic carbocycles. The maximum absolute atomic E-state index is 13.2. The van der Waals surface area contributed by atoms with Crippen LogP contribution >= 0.6 is 11.6 Å². The van der Waals surface area contributed by atoms with Crippen LogP contribution in [-0.2, 0) is 0 Å². The number of carbonyl (C=O) groups is 1. The van der Waals surface area contributed by atoms with Gasteiger partial charge in [0.1, 0.15) is 17.5 Å². The third kappa shape index (κ3) is 3.41. The van der Waals surface area contributed by atoms with Gasteiger partial charge in [0, 0.05) is 16.8 Å². The molecule has 0 unspecified atom stereocenters. The Morgan fingerprint density at radius 1 is 1.12 bits per heavy atom. The summed E-state index contributed by atoms with van der Waals surface area (Å²) in [5.41, 5.74) is 0.665. The number of amides is 1. The molecule has 1 heterocycles. The fraction of sp³-hybridized carbons (Fsp3) is 0.0625. The Kier molecular flexibility index (Phi) is 4.26. The van der Waals surface area contributed by atoms with Gasteiger partial charge >= 0.3 is 0 Å². The first-order chi connectivity index (χ1) is 11.4. The van der Waals surface area contributed by atoms with Gasteiger partial charge in [-0.25, -0.2) is 18.4 Å². The summed E-state index contributed by atoms with van der Waals surface area (Å²) in [5.74, 6) is -1.89. The Morgan fingerprint density at radius 3 is 2.38 bits per heavy atom. The molecule has 0 atom stereocenters. The third-order valence-electron chi connectivity index (χ3n) is 3.16. The number of aryl methyl sites for hydroxylation is 1. The number of carbonyl (C=O) groups excluding carboxylic acids is 1. The number of nitrogens with one attached hydrogen (secondary N) is 1. The van der Waals surface area contributed by atoms with Gasteiger partial charge in [0.2, 0.25) is 5.82 Å². The molecule has 3 rings (SSSR count). The Bertz CT molecular complexity index is 889. The second kappa shape index (κ2) is 6.37. The van der Waals surface area contributed by atoms with Crippen molar-refractivity contribution in [2.24, 2.45) is 0 Å².